The molecule has 1 aromatic rings. The Labute approximate surface area is 121 Å². The Morgan fingerprint density at radius 2 is 2.10 bits per heavy atom. The molecule has 0 aliphatic carbocycles. The summed E-state index contributed by atoms with van der Waals surface area (Å²) in [6.07, 6.45) is 8.16. The highest BCUT2D eigenvalue weighted by Gasteiger charge is 2.10. The fourth-order valence-electron chi connectivity index (χ4n) is 1.89. The van der Waals surface area contributed by atoms with Crippen molar-refractivity contribution >= 4 is 17.2 Å². The first-order valence-corrected chi connectivity index (χ1v) is 7.03. The fraction of sp³-hybridized carbons (Fsp3) is 0.353. The zero-order valence-electron chi connectivity index (χ0n) is 12.5. The number of allylic oxidation sites excluding steroid dienone is 4. The molecule has 0 amide bonds. The second-order valence-electron chi connectivity index (χ2n) is 4.47. The molecule has 0 atom stereocenters. The summed E-state index contributed by atoms with van der Waals surface area (Å²) >= 11 is 0. The molecule has 3 heteroatoms. The van der Waals surface area contributed by atoms with E-state index in [1.165, 1.54) is 0 Å². The number of hydrogen-bond acceptors (Lipinski definition) is 3. The Bertz CT molecular complexity index is 516. The average molecular weight is 273 g/mol. The Morgan fingerprint density at radius 1 is 1.35 bits per heavy atom. The number of rotatable bonds is 6. The molecule has 0 spiro atoms. The highest BCUT2D eigenvalue weighted by Crippen LogP contribution is 2.25. The van der Waals surface area contributed by atoms with E-state index >= 15 is 0 Å². The number of benzene rings is 1. The van der Waals surface area contributed by atoms with Crippen LogP contribution in [-0.2, 0) is 4.74 Å². The lowest BCUT2D eigenvalue weighted by Crippen LogP contribution is -2.06. The van der Waals surface area contributed by atoms with Gasteiger partial charge in [0, 0.05) is 11.3 Å². The molecule has 2 N–H and O–H groups in total. The number of hydrogen-bond donors (Lipinski definition) is 1. The Morgan fingerprint density at radius 3 is 2.70 bits per heavy atom. The van der Waals surface area contributed by atoms with Gasteiger partial charge in [0.15, 0.2) is 0 Å². The summed E-state index contributed by atoms with van der Waals surface area (Å²) in [6.45, 7) is 6.25. The Balaban J connectivity index is 3.20. The lowest BCUT2D eigenvalue weighted by Gasteiger charge is -2.10. The summed E-state index contributed by atoms with van der Waals surface area (Å²) in [5.74, 6) is -0.316. The van der Waals surface area contributed by atoms with Crippen molar-refractivity contribution in [3.63, 3.8) is 0 Å². The van der Waals surface area contributed by atoms with E-state index < -0.39 is 0 Å². The van der Waals surface area contributed by atoms with E-state index in [4.69, 9.17) is 10.5 Å². The number of ether oxygens (including phenoxy) is 1. The van der Waals surface area contributed by atoms with Gasteiger partial charge in [0.1, 0.15) is 0 Å². The number of nitrogens with two attached hydrogens (primary N) is 1. The average Bonchev–Trinajstić information content (AvgIpc) is 2.44. The first-order chi connectivity index (χ1) is 9.63. The normalized spacial score (nSPS) is 11.8. The van der Waals surface area contributed by atoms with Crippen LogP contribution in [0.5, 0.6) is 0 Å². The van der Waals surface area contributed by atoms with Crippen LogP contribution in [0, 0.1) is 0 Å². The van der Waals surface area contributed by atoms with E-state index in [2.05, 4.69) is 13.0 Å². The molecule has 0 aromatic heterocycles. The van der Waals surface area contributed by atoms with Crippen LogP contribution in [0.25, 0.3) is 5.57 Å². The van der Waals surface area contributed by atoms with Crippen molar-refractivity contribution in [2.45, 2.75) is 33.6 Å². The van der Waals surface area contributed by atoms with E-state index in [9.17, 15) is 4.79 Å². The quantitative estimate of drug-likeness (QED) is 0.480. The van der Waals surface area contributed by atoms with Crippen LogP contribution in [0.1, 0.15) is 49.5 Å². The summed E-state index contributed by atoms with van der Waals surface area (Å²) < 4.78 is 5.03. The predicted molar refractivity (Wildman–Crippen MR) is 84.5 cm³/mol. The van der Waals surface area contributed by atoms with Gasteiger partial charge in [0.2, 0.25) is 0 Å². The molecule has 0 fully saturated rings. The minimum atomic E-state index is -0.316. The smallest absolute Gasteiger partial charge is 0.338 e. The zero-order valence-corrected chi connectivity index (χ0v) is 12.5. The minimum Gasteiger partial charge on any atom is -0.462 e. The highest BCUT2D eigenvalue weighted by molar-refractivity contribution is 5.93. The van der Waals surface area contributed by atoms with Gasteiger partial charge in [0.05, 0.1) is 12.2 Å². The first-order valence-electron chi connectivity index (χ1n) is 7.03. The van der Waals surface area contributed by atoms with Gasteiger partial charge < -0.3 is 10.5 Å². The number of carbonyl (C=O) groups is 1. The van der Waals surface area contributed by atoms with Crippen molar-refractivity contribution in [1.29, 1.82) is 0 Å². The third kappa shape index (κ3) is 4.26. The molecule has 1 aromatic carbocycles. The van der Waals surface area contributed by atoms with Gasteiger partial charge >= 0.3 is 5.97 Å². The van der Waals surface area contributed by atoms with Crippen LogP contribution >= 0.6 is 0 Å². The molecular weight excluding hydrogens is 250 g/mol. The van der Waals surface area contributed by atoms with Gasteiger partial charge in [0.25, 0.3) is 0 Å². The number of nitrogen functional groups attached to an aromatic ring is 1. The van der Waals surface area contributed by atoms with Crippen LogP contribution in [0.2, 0.25) is 0 Å². The van der Waals surface area contributed by atoms with E-state index in [0.717, 1.165) is 24.0 Å². The van der Waals surface area contributed by atoms with Gasteiger partial charge in [-0.25, -0.2) is 4.79 Å². The van der Waals surface area contributed by atoms with Crippen molar-refractivity contribution < 1.29 is 9.53 Å². The van der Waals surface area contributed by atoms with Crippen molar-refractivity contribution in [2.75, 3.05) is 12.3 Å². The van der Waals surface area contributed by atoms with E-state index in [0.29, 0.717) is 17.9 Å². The minimum absolute atomic E-state index is 0.316. The van der Waals surface area contributed by atoms with Gasteiger partial charge in [-0.1, -0.05) is 31.6 Å². The summed E-state index contributed by atoms with van der Waals surface area (Å²) in [5.41, 5.74) is 9.15. The molecule has 1 rings (SSSR count). The van der Waals surface area contributed by atoms with E-state index in [-0.39, 0.29) is 5.97 Å². The SMILES string of the molecule is C/C=C\C(=C/CCC)c1cc(C(=O)OCC)ccc1N. The maximum absolute atomic E-state index is 11.8. The first kappa shape index (κ1) is 16.0. The van der Waals surface area contributed by atoms with Crippen LogP contribution in [0.15, 0.2) is 36.4 Å². The molecule has 20 heavy (non-hydrogen) atoms. The van der Waals surface area contributed by atoms with E-state index in [1.807, 2.05) is 19.1 Å². The van der Waals surface area contributed by atoms with E-state index in [1.54, 1.807) is 25.1 Å². The maximum atomic E-state index is 11.8. The maximum Gasteiger partial charge on any atom is 0.338 e. The Kier molecular flexibility index (Phi) is 6.57. The third-order valence-electron chi connectivity index (χ3n) is 2.87. The molecule has 0 aliphatic heterocycles. The molecule has 3 nitrogen and oxygen atoms in total. The molecule has 0 saturated heterocycles. The standard InChI is InChI=1S/C17H23NO2/c1-4-7-9-13(8-5-2)15-12-14(10-11-16(15)18)17(19)20-6-3/h5,8-12H,4,6-7,18H2,1-3H3/b8-5-,13-9+. The third-order valence-corrected chi connectivity index (χ3v) is 2.87. The number of esters is 1. The topological polar surface area (TPSA) is 52.3 Å². The fourth-order valence-corrected chi connectivity index (χ4v) is 1.89. The molecule has 0 saturated carbocycles. The van der Waals surface area contributed by atoms with Crippen molar-refractivity contribution in [3.8, 4) is 0 Å². The van der Waals surface area contributed by atoms with Crippen molar-refractivity contribution in [2.24, 2.45) is 0 Å². The molecule has 0 aliphatic rings. The molecule has 0 heterocycles. The number of carbonyl (C=O) groups excluding carboxylic acids is 1. The lowest BCUT2D eigenvalue weighted by atomic mass is 9.99. The summed E-state index contributed by atoms with van der Waals surface area (Å²) in [5, 5.41) is 0. The van der Waals surface area contributed by atoms with Crippen LogP contribution in [0.4, 0.5) is 5.69 Å². The monoisotopic (exact) mass is 273 g/mol. The van der Waals surface area contributed by atoms with Crippen LogP contribution in [-0.4, -0.2) is 12.6 Å². The molecule has 0 unspecified atom stereocenters. The molecule has 0 bridgehead atoms. The summed E-state index contributed by atoms with van der Waals surface area (Å²) in [7, 11) is 0. The van der Waals surface area contributed by atoms with Gasteiger partial charge in [-0.2, -0.15) is 0 Å². The number of unbranched alkanes of at least 4 members (excludes halogenated alkanes) is 1. The molecule has 0 radical (unpaired) electrons. The van der Waals surface area contributed by atoms with Gasteiger partial charge in [-0.3, -0.25) is 0 Å². The summed E-state index contributed by atoms with van der Waals surface area (Å²) in [4.78, 5) is 11.8. The van der Waals surface area contributed by atoms with Gasteiger partial charge in [-0.05, 0) is 44.0 Å². The summed E-state index contributed by atoms with van der Waals surface area (Å²) in [6, 6.07) is 5.25. The van der Waals surface area contributed by atoms with Crippen LogP contribution < -0.4 is 5.73 Å². The largest absolute Gasteiger partial charge is 0.462 e. The van der Waals surface area contributed by atoms with Crippen molar-refractivity contribution in [3.05, 3.63) is 47.6 Å². The highest BCUT2D eigenvalue weighted by atomic mass is 16.5. The predicted octanol–water partition coefficient (Wildman–Crippen LogP) is 4.21. The van der Waals surface area contributed by atoms with Crippen LogP contribution in [0.3, 0.4) is 0 Å². The van der Waals surface area contributed by atoms with Gasteiger partial charge in [-0.15, -0.1) is 0 Å². The van der Waals surface area contributed by atoms with Crippen molar-refractivity contribution in [1.82, 2.24) is 0 Å². The molecule has 108 valence electrons. The lowest BCUT2D eigenvalue weighted by molar-refractivity contribution is 0.0526. The Hall–Kier alpha value is -2.03. The molecular formula is C17H23NO2. The zero-order chi connectivity index (χ0) is 15.0. The second kappa shape index (κ2) is 8.20. The number of anilines is 1. The second-order valence-corrected chi connectivity index (χ2v) is 4.47.